The highest BCUT2D eigenvalue weighted by molar-refractivity contribution is 7.92. The minimum Gasteiger partial charge on any atom is -0.497 e. The molecule has 0 fully saturated rings. The van der Waals surface area contributed by atoms with E-state index in [4.69, 9.17) is 16.3 Å². The number of hydrogen-bond acceptors (Lipinski definition) is 5. The summed E-state index contributed by atoms with van der Waals surface area (Å²) in [6.07, 6.45) is 2.07. The van der Waals surface area contributed by atoms with Gasteiger partial charge in [-0.15, -0.1) is 0 Å². The lowest BCUT2D eigenvalue weighted by Gasteiger charge is -2.33. The van der Waals surface area contributed by atoms with E-state index >= 15 is 0 Å². The van der Waals surface area contributed by atoms with Crippen LogP contribution in [0.4, 0.5) is 5.69 Å². The lowest BCUT2D eigenvalue weighted by Crippen LogP contribution is -2.52. The van der Waals surface area contributed by atoms with Crippen LogP contribution in [0.2, 0.25) is 5.02 Å². The van der Waals surface area contributed by atoms with Crippen molar-refractivity contribution >= 4 is 39.1 Å². The number of benzene rings is 3. The van der Waals surface area contributed by atoms with Gasteiger partial charge >= 0.3 is 0 Å². The first-order valence-electron chi connectivity index (χ1n) is 13.7. The van der Waals surface area contributed by atoms with Crippen molar-refractivity contribution in [3.63, 3.8) is 0 Å². The van der Waals surface area contributed by atoms with Crippen LogP contribution in [-0.2, 0) is 26.2 Å². The number of nitrogens with zero attached hydrogens (tertiary/aromatic N) is 2. The number of carbonyl (C=O) groups is 2. The molecule has 0 radical (unpaired) electrons. The average Bonchev–Trinajstić information content (AvgIpc) is 2.98. The highest BCUT2D eigenvalue weighted by atomic mass is 35.5. The lowest BCUT2D eigenvalue weighted by molar-refractivity contribution is -0.140. The second-order valence-corrected chi connectivity index (χ2v) is 12.0. The van der Waals surface area contributed by atoms with E-state index in [9.17, 15) is 18.0 Å². The van der Waals surface area contributed by atoms with Crippen molar-refractivity contribution in [2.24, 2.45) is 0 Å². The zero-order valence-electron chi connectivity index (χ0n) is 24.0. The van der Waals surface area contributed by atoms with Crippen LogP contribution in [0.25, 0.3) is 0 Å². The predicted octanol–water partition coefficient (Wildman–Crippen LogP) is 5.58. The van der Waals surface area contributed by atoms with Gasteiger partial charge in [-0.1, -0.05) is 68.3 Å². The van der Waals surface area contributed by atoms with Gasteiger partial charge in [-0.05, 0) is 67.3 Å². The molecular weight excluding hydrogens is 562 g/mol. The summed E-state index contributed by atoms with van der Waals surface area (Å²) in [6.45, 7) is 5.70. The van der Waals surface area contributed by atoms with Gasteiger partial charge in [-0.25, -0.2) is 8.42 Å². The van der Waals surface area contributed by atoms with Crippen LogP contribution < -0.4 is 14.4 Å². The number of hydrogen-bond donors (Lipinski definition) is 1. The topological polar surface area (TPSA) is 96.0 Å². The zero-order valence-corrected chi connectivity index (χ0v) is 25.5. The number of rotatable bonds is 14. The highest BCUT2D eigenvalue weighted by Gasteiger charge is 2.34. The van der Waals surface area contributed by atoms with Crippen molar-refractivity contribution in [2.75, 3.05) is 24.5 Å². The van der Waals surface area contributed by atoms with Crippen molar-refractivity contribution in [1.29, 1.82) is 0 Å². The number of anilines is 1. The van der Waals surface area contributed by atoms with Crippen LogP contribution in [0.5, 0.6) is 5.75 Å². The van der Waals surface area contributed by atoms with Crippen molar-refractivity contribution in [3.05, 3.63) is 88.9 Å². The molecule has 2 amide bonds. The molecule has 1 unspecified atom stereocenters. The molecule has 10 heteroatoms. The maximum absolute atomic E-state index is 14.1. The molecule has 0 aromatic heterocycles. The second kappa shape index (κ2) is 14.9. The van der Waals surface area contributed by atoms with Crippen LogP contribution in [0.3, 0.4) is 0 Å². The average molecular weight is 600 g/mol. The summed E-state index contributed by atoms with van der Waals surface area (Å²) in [5.74, 6) is -0.135. The van der Waals surface area contributed by atoms with E-state index < -0.39 is 28.5 Å². The normalized spacial score (nSPS) is 11.9. The molecule has 3 rings (SSSR count). The molecule has 0 bridgehead atoms. The van der Waals surface area contributed by atoms with Gasteiger partial charge in [0.2, 0.25) is 11.8 Å². The van der Waals surface area contributed by atoms with Crippen molar-refractivity contribution in [2.45, 2.75) is 57.5 Å². The van der Waals surface area contributed by atoms with Crippen LogP contribution >= 0.6 is 11.6 Å². The van der Waals surface area contributed by atoms with E-state index in [0.717, 1.165) is 22.7 Å². The Morgan fingerprint density at radius 3 is 2.29 bits per heavy atom. The fraction of sp³-hybridized carbons (Fsp3) is 0.355. The summed E-state index contributed by atoms with van der Waals surface area (Å²) in [4.78, 5) is 28.9. The third-order valence-electron chi connectivity index (χ3n) is 6.78. The molecule has 41 heavy (non-hydrogen) atoms. The maximum atomic E-state index is 14.1. The molecule has 0 aliphatic carbocycles. The first-order chi connectivity index (χ1) is 19.6. The van der Waals surface area contributed by atoms with Crippen LogP contribution in [-0.4, -0.2) is 51.4 Å². The number of unbranched alkanes of at least 4 members (excludes halogenated alkanes) is 1. The first kappa shape index (κ1) is 32.0. The molecule has 3 aromatic rings. The molecule has 0 saturated carbocycles. The molecule has 1 N–H and O–H groups in total. The minimum atomic E-state index is -4.16. The summed E-state index contributed by atoms with van der Waals surface area (Å²) in [6, 6.07) is 19.2. The molecule has 3 aromatic carbocycles. The highest BCUT2D eigenvalue weighted by Crippen LogP contribution is 2.30. The fourth-order valence-corrected chi connectivity index (χ4v) is 6.10. The van der Waals surface area contributed by atoms with Crippen molar-refractivity contribution in [3.8, 4) is 5.75 Å². The number of nitrogens with one attached hydrogen (secondary N) is 1. The lowest BCUT2D eigenvalue weighted by atomic mass is 10.1. The number of sulfonamides is 1. The molecule has 0 aliphatic rings. The Bertz CT molecular complexity index is 1420. The van der Waals surface area contributed by atoms with Gasteiger partial charge in [0.25, 0.3) is 10.0 Å². The largest absolute Gasteiger partial charge is 0.497 e. The van der Waals surface area contributed by atoms with Crippen LogP contribution in [0.15, 0.2) is 77.7 Å². The van der Waals surface area contributed by atoms with E-state index in [1.165, 1.54) is 23.1 Å². The summed E-state index contributed by atoms with van der Waals surface area (Å²) >= 11 is 6.28. The third-order valence-corrected chi connectivity index (χ3v) is 8.79. The number of carbonyl (C=O) groups excluding carboxylic acids is 2. The summed E-state index contributed by atoms with van der Waals surface area (Å²) < 4.78 is 34.2. The standard InChI is InChI=1S/C31H38ClN3O5S/c1-5-7-19-33-31(37)28(6-2)34(21-24-14-17-26(40-4)18-15-24)30(36)22-35(29-20-25(32)16-13-23(29)3)41(38,39)27-11-9-8-10-12-27/h8-18,20,28H,5-7,19,21-22H2,1-4H3,(H,33,37). The molecule has 0 spiro atoms. The number of aryl methyl sites for hydroxylation is 1. The van der Waals surface area contributed by atoms with Gasteiger partial charge in [0.1, 0.15) is 18.3 Å². The smallest absolute Gasteiger partial charge is 0.264 e. The summed E-state index contributed by atoms with van der Waals surface area (Å²) in [5, 5.41) is 3.27. The molecule has 220 valence electrons. The zero-order chi connectivity index (χ0) is 30.0. The van der Waals surface area contributed by atoms with E-state index in [1.807, 2.05) is 26.0 Å². The SMILES string of the molecule is CCCCNC(=O)C(CC)N(Cc1ccc(OC)cc1)C(=O)CN(c1cc(Cl)ccc1C)S(=O)(=O)c1ccccc1. The summed E-state index contributed by atoms with van der Waals surface area (Å²) in [5.41, 5.74) is 1.70. The number of methoxy groups -OCH3 is 1. The maximum Gasteiger partial charge on any atom is 0.264 e. The second-order valence-electron chi connectivity index (χ2n) is 9.69. The van der Waals surface area contributed by atoms with Gasteiger partial charge in [0, 0.05) is 18.1 Å². The third kappa shape index (κ3) is 8.24. The van der Waals surface area contributed by atoms with Gasteiger partial charge in [0.05, 0.1) is 17.7 Å². The first-order valence-corrected chi connectivity index (χ1v) is 15.5. The number of halogens is 1. The van der Waals surface area contributed by atoms with Crippen LogP contribution in [0.1, 0.15) is 44.2 Å². The molecule has 0 saturated heterocycles. The predicted molar refractivity (Wildman–Crippen MR) is 163 cm³/mol. The van der Waals surface area contributed by atoms with Crippen molar-refractivity contribution < 1.29 is 22.7 Å². The number of amides is 2. The van der Waals surface area contributed by atoms with E-state index in [0.29, 0.717) is 35.0 Å². The van der Waals surface area contributed by atoms with E-state index in [-0.39, 0.29) is 17.3 Å². The Morgan fingerprint density at radius 2 is 1.68 bits per heavy atom. The van der Waals surface area contributed by atoms with Gasteiger partial charge < -0.3 is 15.0 Å². The monoisotopic (exact) mass is 599 g/mol. The minimum absolute atomic E-state index is 0.0400. The Kier molecular flexibility index (Phi) is 11.6. The molecule has 0 aliphatic heterocycles. The number of ether oxygens (including phenoxy) is 1. The summed E-state index contributed by atoms with van der Waals surface area (Å²) in [7, 11) is -2.60. The van der Waals surface area contributed by atoms with Crippen LogP contribution in [0, 0.1) is 6.92 Å². The Hall–Kier alpha value is -3.56. The molecule has 1 atom stereocenters. The van der Waals surface area contributed by atoms with Gasteiger partial charge in [-0.2, -0.15) is 0 Å². The molecule has 0 heterocycles. The molecular formula is C31H38ClN3O5S. The fourth-order valence-electron chi connectivity index (χ4n) is 4.44. The molecule has 8 nitrogen and oxygen atoms in total. The Labute approximate surface area is 248 Å². The quantitative estimate of drug-likeness (QED) is 0.244. The van der Waals surface area contributed by atoms with E-state index in [1.54, 1.807) is 56.5 Å². The Balaban J connectivity index is 2.06. The van der Waals surface area contributed by atoms with E-state index in [2.05, 4.69) is 5.32 Å². The Morgan fingerprint density at radius 1 is 1.00 bits per heavy atom. The van der Waals surface area contributed by atoms with Crippen molar-refractivity contribution in [1.82, 2.24) is 10.2 Å². The van der Waals surface area contributed by atoms with Gasteiger partial charge in [-0.3, -0.25) is 13.9 Å². The van der Waals surface area contributed by atoms with Gasteiger partial charge in [0.15, 0.2) is 0 Å².